The van der Waals surface area contributed by atoms with Crippen LogP contribution in [0.1, 0.15) is 49.3 Å². The van der Waals surface area contributed by atoms with Crippen LogP contribution in [0.5, 0.6) is 0 Å². The number of aliphatic hydroxyl groups excluding tert-OH is 1. The van der Waals surface area contributed by atoms with E-state index in [9.17, 15) is 24.6 Å². The van der Waals surface area contributed by atoms with E-state index in [1.807, 2.05) is 66.7 Å². The molecule has 43 heavy (non-hydrogen) atoms. The highest BCUT2D eigenvalue weighted by Crippen LogP contribution is 2.45. The van der Waals surface area contributed by atoms with Crippen LogP contribution < -0.4 is 9.80 Å². The number of hydrogen-bond donors (Lipinski definition) is 2. The van der Waals surface area contributed by atoms with Gasteiger partial charge in [0.1, 0.15) is 0 Å². The fraction of sp³-hybridized carbons (Fsp3) is 0.343. The van der Waals surface area contributed by atoms with Crippen molar-refractivity contribution in [2.24, 2.45) is 5.92 Å². The summed E-state index contributed by atoms with van der Waals surface area (Å²) in [5.41, 5.74) is 2.02. The molecule has 3 aromatic carbocycles. The van der Waals surface area contributed by atoms with Gasteiger partial charge in [0, 0.05) is 49.6 Å². The maximum Gasteiger partial charge on any atom is 0.264 e. The number of hydrogen-bond acceptors (Lipinski definition) is 5. The molecule has 8 heteroatoms. The van der Waals surface area contributed by atoms with Crippen LogP contribution in [0.2, 0.25) is 0 Å². The Bertz CT molecular complexity index is 1490. The molecule has 0 aromatic heterocycles. The Morgan fingerprint density at radius 1 is 1.00 bits per heavy atom. The van der Waals surface area contributed by atoms with Crippen LogP contribution in [0.25, 0.3) is 0 Å². The van der Waals surface area contributed by atoms with Crippen LogP contribution >= 0.6 is 0 Å². The summed E-state index contributed by atoms with van der Waals surface area (Å²) >= 11 is 0. The van der Waals surface area contributed by atoms with Crippen molar-refractivity contribution in [2.75, 3.05) is 29.5 Å². The normalized spacial score (nSPS) is 19.1. The quantitative estimate of drug-likeness (QED) is 0.324. The molecule has 2 aliphatic heterocycles. The molecule has 2 heterocycles. The van der Waals surface area contributed by atoms with Crippen LogP contribution in [0.4, 0.5) is 11.4 Å². The smallest absolute Gasteiger partial charge is 0.264 e. The fourth-order valence-corrected chi connectivity index (χ4v) is 6.00. The number of piperidine rings is 1. The second-order valence-electron chi connectivity index (χ2n) is 11.3. The number of aliphatic hydroxyl groups is 2. The Morgan fingerprint density at radius 2 is 1.74 bits per heavy atom. The van der Waals surface area contributed by atoms with Gasteiger partial charge >= 0.3 is 0 Å². The van der Waals surface area contributed by atoms with E-state index in [2.05, 4.69) is 0 Å². The van der Waals surface area contributed by atoms with Crippen molar-refractivity contribution >= 4 is 29.1 Å². The number of rotatable bonds is 11. The Labute approximate surface area is 252 Å². The topological polar surface area (TPSA) is 101 Å². The standard InChI is InChI=1S/C35H39N3O5/c1-26(11-9-19-32(40)36(21-22-39)24-27-12-3-2-4-13-27)35(43)30-16-5-6-17-31(30)38(34(35)42)25-28-14-10-15-29(23-28)37-20-8-7-18-33(37)41/h2-6,9-17,23,26,39,43H,7-8,18-22,24-25H2,1H3/b11-9+/t26-,35+/m1/s1. The number of nitrogens with zero attached hydrogens (tertiary/aromatic N) is 3. The van der Waals surface area contributed by atoms with Gasteiger partial charge in [-0.15, -0.1) is 0 Å². The van der Waals surface area contributed by atoms with Crippen molar-refractivity contribution in [1.29, 1.82) is 0 Å². The minimum Gasteiger partial charge on any atom is -0.395 e. The zero-order valence-electron chi connectivity index (χ0n) is 24.6. The summed E-state index contributed by atoms with van der Waals surface area (Å²) < 4.78 is 0. The lowest BCUT2D eigenvalue weighted by Crippen LogP contribution is -2.44. The van der Waals surface area contributed by atoms with Crippen LogP contribution in [0.3, 0.4) is 0 Å². The second kappa shape index (κ2) is 13.4. The van der Waals surface area contributed by atoms with Crippen molar-refractivity contribution in [3.63, 3.8) is 0 Å². The molecule has 0 radical (unpaired) electrons. The second-order valence-corrected chi connectivity index (χ2v) is 11.3. The molecule has 1 saturated heterocycles. The molecule has 2 atom stereocenters. The molecule has 3 aromatic rings. The number of benzene rings is 3. The SMILES string of the molecule is C[C@H](/C=C/CC(=O)N(CCO)Cc1ccccc1)[C@@]1(O)C(=O)N(Cc2cccc(N3CCCCC3=O)c2)c2ccccc21. The number of fused-ring (bicyclic) bond motifs is 1. The number of carbonyl (C=O) groups excluding carboxylic acids is 3. The van der Waals surface area contributed by atoms with E-state index in [0.717, 1.165) is 29.7 Å². The summed E-state index contributed by atoms with van der Waals surface area (Å²) in [6.45, 7) is 3.17. The average molecular weight is 582 g/mol. The highest BCUT2D eigenvalue weighted by atomic mass is 16.3. The number of para-hydroxylation sites is 1. The molecule has 2 N–H and O–H groups in total. The van der Waals surface area contributed by atoms with Crippen LogP contribution in [0, 0.1) is 5.92 Å². The molecule has 8 nitrogen and oxygen atoms in total. The van der Waals surface area contributed by atoms with Crippen LogP contribution in [-0.4, -0.2) is 52.5 Å². The molecule has 0 spiro atoms. The first kappa shape index (κ1) is 30.2. The lowest BCUT2D eigenvalue weighted by Gasteiger charge is -2.28. The number of anilines is 2. The number of amides is 3. The first-order valence-electron chi connectivity index (χ1n) is 14.9. The highest BCUT2D eigenvalue weighted by molar-refractivity contribution is 6.07. The van der Waals surface area contributed by atoms with Gasteiger partial charge in [0.05, 0.1) is 18.8 Å². The Hall–Kier alpha value is -4.27. The van der Waals surface area contributed by atoms with Crippen LogP contribution in [-0.2, 0) is 33.1 Å². The van der Waals surface area contributed by atoms with E-state index in [0.29, 0.717) is 30.8 Å². The lowest BCUT2D eigenvalue weighted by atomic mass is 9.83. The Balaban J connectivity index is 1.31. The zero-order valence-corrected chi connectivity index (χ0v) is 24.6. The Morgan fingerprint density at radius 3 is 2.51 bits per heavy atom. The van der Waals surface area contributed by atoms with Crippen LogP contribution in [0.15, 0.2) is 91.0 Å². The van der Waals surface area contributed by atoms with Crippen molar-refractivity contribution < 1.29 is 24.6 Å². The van der Waals surface area contributed by atoms with Crippen molar-refractivity contribution in [2.45, 2.75) is 51.3 Å². The molecule has 3 amide bonds. The van der Waals surface area contributed by atoms with E-state index in [1.165, 1.54) is 0 Å². The van der Waals surface area contributed by atoms with Gasteiger partial charge in [0.15, 0.2) is 5.60 Å². The fourth-order valence-electron chi connectivity index (χ4n) is 6.00. The molecule has 5 rings (SSSR count). The summed E-state index contributed by atoms with van der Waals surface area (Å²) in [6.07, 6.45) is 5.90. The van der Waals surface area contributed by atoms with E-state index in [1.54, 1.807) is 45.9 Å². The van der Waals surface area contributed by atoms with E-state index < -0.39 is 17.4 Å². The predicted octanol–water partition coefficient (Wildman–Crippen LogP) is 4.54. The minimum absolute atomic E-state index is 0.0782. The van der Waals surface area contributed by atoms with Gasteiger partial charge in [-0.1, -0.05) is 79.7 Å². The largest absolute Gasteiger partial charge is 0.395 e. The molecule has 1 fully saturated rings. The third-order valence-corrected chi connectivity index (χ3v) is 8.38. The average Bonchev–Trinajstić information content (AvgIpc) is 3.24. The van der Waals surface area contributed by atoms with E-state index in [4.69, 9.17) is 0 Å². The van der Waals surface area contributed by atoms with Gasteiger partial charge in [0.25, 0.3) is 5.91 Å². The zero-order chi connectivity index (χ0) is 30.4. The summed E-state index contributed by atoms with van der Waals surface area (Å²) in [6, 6.07) is 24.5. The molecular weight excluding hydrogens is 542 g/mol. The first-order valence-corrected chi connectivity index (χ1v) is 14.9. The summed E-state index contributed by atoms with van der Waals surface area (Å²) in [5, 5.41) is 21.4. The van der Waals surface area contributed by atoms with Gasteiger partial charge in [-0.25, -0.2) is 0 Å². The maximum absolute atomic E-state index is 13.9. The van der Waals surface area contributed by atoms with Gasteiger partial charge < -0.3 is 24.9 Å². The molecule has 0 bridgehead atoms. The molecule has 0 saturated carbocycles. The van der Waals surface area contributed by atoms with Crippen molar-refractivity contribution in [3.8, 4) is 0 Å². The third kappa shape index (κ3) is 6.40. The molecular formula is C35H39N3O5. The van der Waals surface area contributed by atoms with Gasteiger partial charge in [-0.05, 0) is 42.2 Å². The lowest BCUT2D eigenvalue weighted by molar-refractivity contribution is -0.139. The third-order valence-electron chi connectivity index (χ3n) is 8.38. The monoisotopic (exact) mass is 581 g/mol. The van der Waals surface area contributed by atoms with Gasteiger partial charge in [-0.2, -0.15) is 0 Å². The summed E-state index contributed by atoms with van der Waals surface area (Å²) in [5.74, 6) is -1.08. The first-order chi connectivity index (χ1) is 20.8. The van der Waals surface area contributed by atoms with E-state index in [-0.39, 0.29) is 37.9 Å². The Kier molecular flexibility index (Phi) is 9.38. The minimum atomic E-state index is -1.80. The molecule has 2 aliphatic rings. The number of carbonyl (C=O) groups is 3. The van der Waals surface area contributed by atoms with Crippen molar-refractivity contribution in [1.82, 2.24) is 4.90 Å². The van der Waals surface area contributed by atoms with Gasteiger partial charge in [-0.3, -0.25) is 14.4 Å². The molecule has 0 aliphatic carbocycles. The maximum atomic E-state index is 13.9. The predicted molar refractivity (Wildman–Crippen MR) is 166 cm³/mol. The molecule has 0 unspecified atom stereocenters. The summed E-state index contributed by atoms with van der Waals surface area (Å²) in [4.78, 5) is 44.4. The van der Waals surface area contributed by atoms with E-state index >= 15 is 0 Å². The van der Waals surface area contributed by atoms with Gasteiger partial charge in [0.2, 0.25) is 11.8 Å². The molecule has 224 valence electrons. The highest BCUT2D eigenvalue weighted by Gasteiger charge is 2.52. The summed E-state index contributed by atoms with van der Waals surface area (Å²) in [7, 11) is 0. The van der Waals surface area contributed by atoms with Crippen molar-refractivity contribution in [3.05, 3.63) is 108 Å².